The molecule has 0 saturated heterocycles. The average Bonchev–Trinajstić information content (AvgIpc) is 3.00. The molecule has 0 aliphatic rings. The highest BCUT2D eigenvalue weighted by atomic mass is 32.2. The number of ketones is 1. The zero-order valence-electron chi connectivity index (χ0n) is 11.2. The molecule has 0 bridgehead atoms. The first-order valence-corrected chi connectivity index (χ1v) is 7.20. The van der Waals surface area contributed by atoms with Gasteiger partial charge in [0.1, 0.15) is 17.6 Å². The summed E-state index contributed by atoms with van der Waals surface area (Å²) < 4.78 is 10.8. The van der Waals surface area contributed by atoms with Crippen LogP contribution in [0.3, 0.4) is 0 Å². The number of nitrogens with zero attached hydrogens (tertiary/aromatic N) is 1. The SMILES string of the molecule is Cc1nc(SCC(=O)c2coc3ccccc23)oc1C. The molecule has 1 aromatic carbocycles. The highest BCUT2D eigenvalue weighted by molar-refractivity contribution is 7.99. The van der Waals surface area contributed by atoms with E-state index in [1.54, 1.807) is 0 Å². The first kappa shape index (κ1) is 13.0. The van der Waals surface area contributed by atoms with E-state index in [9.17, 15) is 4.79 Å². The third-order valence-corrected chi connectivity index (χ3v) is 3.95. The van der Waals surface area contributed by atoms with E-state index in [0.717, 1.165) is 22.4 Å². The van der Waals surface area contributed by atoms with Gasteiger partial charge in [0, 0.05) is 5.39 Å². The van der Waals surface area contributed by atoms with Gasteiger partial charge in [-0.3, -0.25) is 4.79 Å². The Labute approximate surface area is 120 Å². The number of Topliss-reactive ketones (excluding diaryl/α,β-unsaturated/α-hetero) is 1. The molecule has 2 heterocycles. The predicted octanol–water partition coefficient (Wildman–Crippen LogP) is 4.01. The number of carbonyl (C=O) groups is 1. The number of aromatic nitrogens is 1. The molecule has 0 saturated carbocycles. The Morgan fingerprint density at radius 3 is 2.85 bits per heavy atom. The van der Waals surface area contributed by atoms with Crippen LogP contribution in [-0.2, 0) is 0 Å². The van der Waals surface area contributed by atoms with Crippen molar-refractivity contribution in [2.75, 3.05) is 5.75 Å². The Kier molecular flexibility index (Phi) is 3.36. The molecule has 0 aliphatic carbocycles. The number of para-hydroxylation sites is 1. The van der Waals surface area contributed by atoms with E-state index >= 15 is 0 Å². The van der Waals surface area contributed by atoms with E-state index in [2.05, 4.69) is 4.98 Å². The number of fused-ring (bicyclic) bond motifs is 1. The monoisotopic (exact) mass is 287 g/mol. The second-order valence-corrected chi connectivity index (χ2v) is 5.41. The van der Waals surface area contributed by atoms with Gasteiger partial charge in [-0.15, -0.1) is 0 Å². The Hall–Kier alpha value is -2.01. The van der Waals surface area contributed by atoms with Crippen molar-refractivity contribution in [1.29, 1.82) is 0 Å². The van der Waals surface area contributed by atoms with Crippen LogP contribution >= 0.6 is 11.8 Å². The number of oxazole rings is 1. The average molecular weight is 287 g/mol. The molecule has 3 rings (SSSR count). The van der Waals surface area contributed by atoms with Gasteiger partial charge in [0.15, 0.2) is 5.78 Å². The van der Waals surface area contributed by atoms with Crippen molar-refractivity contribution in [3.63, 3.8) is 0 Å². The van der Waals surface area contributed by atoms with Crippen molar-refractivity contribution in [1.82, 2.24) is 4.98 Å². The van der Waals surface area contributed by atoms with Crippen LogP contribution in [0, 0.1) is 13.8 Å². The van der Waals surface area contributed by atoms with Gasteiger partial charge in [0.05, 0.1) is 17.0 Å². The number of furan rings is 1. The maximum atomic E-state index is 12.2. The van der Waals surface area contributed by atoms with Crippen molar-refractivity contribution in [3.05, 3.63) is 47.5 Å². The lowest BCUT2D eigenvalue weighted by Crippen LogP contribution is -2.01. The van der Waals surface area contributed by atoms with Crippen LogP contribution in [0.15, 0.2) is 44.6 Å². The number of hydrogen-bond acceptors (Lipinski definition) is 5. The number of hydrogen-bond donors (Lipinski definition) is 0. The van der Waals surface area contributed by atoms with Crippen molar-refractivity contribution in [2.45, 2.75) is 19.1 Å². The molecule has 4 nitrogen and oxygen atoms in total. The topological polar surface area (TPSA) is 56.2 Å². The van der Waals surface area contributed by atoms with Gasteiger partial charge < -0.3 is 8.83 Å². The first-order valence-electron chi connectivity index (χ1n) is 6.21. The van der Waals surface area contributed by atoms with E-state index in [0.29, 0.717) is 10.8 Å². The fourth-order valence-corrected chi connectivity index (χ4v) is 2.70. The van der Waals surface area contributed by atoms with Crippen LogP contribution in [0.5, 0.6) is 0 Å². The third kappa shape index (κ3) is 2.36. The number of aryl methyl sites for hydroxylation is 2. The number of rotatable bonds is 4. The molecular formula is C15H13NO3S. The van der Waals surface area contributed by atoms with E-state index in [1.165, 1.54) is 18.0 Å². The van der Waals surface area contributed by atoms with Gasteiger partial charge in [0.2, 0.25) is 0 Å². The number of carbonyl (C=O) groups excluding carboxylic acids is 1. The molecule has 0 aliphatic heterocycles. The van der Waals surface area contributed by atoms with Gasteiger partial charge in [-0.05, 0) is 19.9 Å². The van der Waals surface area contributed by atoms with Gasteiger partial charge >= 0.3 is 0 Å². The Morgan fingerprint density at radius 1 is 1.30 bits per heavy atom. The van der Waals surface area contributed by atoms with Gasteiger partial charge in [-0.25, -0.2) is 4.98 Å². The molecule has 0 atom stereocenters. The van der Waals surface area contributed by atoms with Crippen molar-refractivity contribution < 1.29 is 13.6 Å². The summed E-state index contributed by atoms with van der Waals surface area (Å²) in [4.78, 5) is 16.5. The van der Waals surface area contributed by atoms with Crippen LogP contribution in [0.4, 0.5) is 0 Å². The lowest BCUT2D eigenvalue weighted by atomic mass is 10.1. The smallest absolute Gasteiger partial charge is 0.256 e. The van der Waals surface area contributed by atoms with E-state index < -0.39 is 0 Å². The zero-order valence-corrected chi connectivity index (χ0v) is 12.0. The number of thioether (sulfide) groups is 1. The minimum Gasteiger partial charge on any atom is -0.464 e. The minimum atomic E-state index is 0.00783. The fourth-order valence-electron chi connectivity index (χ4n) is 1.90. The molecule has 5 heteroatoms. The molecule has 0 fully saturated rings. The molecule has 0 amide bonds. The van der Waals surface area contributed by atoms with Gasteiger partial charge in [0.25, 0.3) is 5.22 Å². The summed E-state index contributed by atoms with van der Waals surface area (Å²) in [7, 11) is 0. The summed E-state index contributed by atoms with van der Waals surface area (Å²) in [6.07, 6.45) is 1.51. The maximum absolute atomic E-state index is 12.2. The number of benzene rings is 1. The van der Waals surface area contributed by atoms with Gasteiger partial charge in [-0.1, -0.05) is 30.0 Å². The van der Waals surface area contributed by atoms with Crippen LogP contribution in [0.2, 0.25) is 0 Å². The van der Waals surface area contributed by atoms with Crippen molar-refractivity contribution in [3.8, 4) is 0 Å². The highest BCUT2D eigenvalue weighted by Crippen LogP contribution is 2.25. The lowest BCUT2D eigenvalue weighted by molar-refractivity contribution is 0.102. The quantitative estimate of drug-likeness (QED) is 0.536. The summed E-state index contributed by atoms with van der Waals surface area (Å²) in [6.45, 7) is 3.74. The van der Waals surface area contributed by atoms with E-state index in [1.807, 2.05) is 38.1 Å². The zero-order chi connectivity index (χ0) is 14.1. The third-order valence-electron chi connectivity index (χ3n) is 3.12. The molecule has 0 spiro atoms. The molecule has 3 aromatic rings. The van der Waals surface area contributed by atoms with E-state index in [-0.39, 0.29) is 11.5 Å². The second kappa shape index (κ2) is 5.17. The summed E-state index contributed by atoms with van der Waals surface area (Å²) >= 11 is 1.30. The molecule has 0 unspecified atom stereocenters. The first-order chi connectivity index (χ1) is 9.65. The molecule has 102 valence electrons. The predicted molar refractivity (Wildman–Crippen MR) is 77.2 cm³/mol. The minimum absolute atomic E-state index is 0.00783. The largest absolute Gasteiger partial charge is 0.464 e. The summed E-state index contributed by atoms with van der Waals surface area (Å²) in [5.41, 5.74) is 2.19. The maximum Gasteiger partial charge on any atom is 0.256 e. The van der Waals surface area contributed by atoms with Crippen molar-refractivity contribution in [2.24, 2.45) is 0 Å². The summed E-state index contributed by atoms with van der Waals surface area (Å²) in [5.74, 6) is 1.07. The van der Waals surface area contributed by atoms with Crippen LogP contribution in [0.25, 0.3) is 11.0 Å². The summed E-state index contributed by atoms with van der Waals surface area (Å²) in [6, 6.07) is 7.51. The van der Waals surface area contributed by atoms with Crippen LogP contribution < -0.4 is 0 Å². The Bertz CT molecular complexity index is 753. The lowest BCUT2D eigenvalue weighted by Gasteiger charge is -1.96. The highest BCUT2D eigenvalue weighted by Gasteiger charge is 2.15. The standard InChI is InChI=1S/C15H13NO3S/c1-9-10(2)19-15(16-9)20-8-13(17)12-7-18-14-6-4-3-5-11(12)14/h3-7H,8H2,1-2H3. The van der Waals surface area contributed by atoms with Crippen molar-refractivity contribution >= 4 is 28.5 Å². The van der Waals surface area contributed by atoms with Gasteiger partial charge in [-0.2, -0.15) is 0 Å². The second-order valence-electron chi connectivity index (χ2n) is 4.48. The summed E-state index contributed by atoms with van der Waals surface area (Å²) in [5, 5.41) is 1.37. The Morgan fingerprint density at radius 2 is 2.10 bits per heavy atom. The Balaban J connectivity index is 1.76. The van der Waals surface area contributed by atoms with Crippen LogP contribution in [-0.4, -0.2) is 16.5 Å². The van der Waals surface area contributed by atoms with Crippen LogP contribution in [0.1, 0.15) is 21.8 Å². The molecular weight excluding hydrogens is 274 g/mol. The molecule has 0 radical (unpaired) electrons. The van der Waals surface area contributed by atoms with E-state index in [4.69, 9.17) is 8.83 Å². The normalized spacial score (nSPS) is 11.1. The molecule has 20 heavy (non-hydrogen) atoms. The fraction of sp³-hybridized carbons (Fsp3) is 0.200. The molecule has 2 aromatic heterocycles. The molecule has 0 N–H and O–H groups in total.